The number of halogens is 1. The van der Waals surface area contributed by atoms with Crippen LogP contribution in [-0.4, -0.2) is 17.4 Å². The molecule has 0 aliphatic carbocycles. The molecule has 4 aromatic rings. The maximum absolute atomic E-state index is 9.04. The van der Waals surface area contributed by atoms with Gasteiger partial charge in [0.15, 0.2) is 0 Å². The summed E-state index contributed by atoms with van der Waals surface area (Å²) < 4.78 is 5.08. The highest BCUT2D eigenvalue weighted by Gasteiger charge is 2.16. The summed E-state index contributed by atoms with van der Waals surface area (Å²) in [4.78, 5) is 0. The van der Waals surface area contributed by atoms with Gasteiger partial charge in [-0.1, -0.05) is 48.5 Å². The highest BCUT2D eigenvalue weighted by molar-refractivity contribution is 6.34. The summed E-state index contributed by atoms with van der Waals surface area (Å²) in [7, 11) is -1.81. The van der Waals surface area contributed by atoms with Crippen molar-refractivity contribution in [3.05, 3.63) is 54.6 Å². The van der Waals surface area contributed by atoms with Gasteiger partial charge in [-0.3, -0.25) is 4.70 Å². The largest absolute Gasteiger partial charge is 0.707 e. The lowest BCUT2D eigenvalue weighted by Crippen LogP contribution is -2.20. The second kappa shape index (κ2) is 4.88. The fourth-order valence-electron chi connectivity index (χ4n) is 2.92. The predicted molar refractivity (Wildman–Crippen MR) is 83.5 cm³/mol. The van der Waals surface area contributed by atoms with Gasteiger partial charge in [0, 0.05) is 10.8 Å². The zero-order chi connectivity index (χ0) is 13.7. The van der Waals surface area contributed by atoms with Crippen molar-refractivity contribution in [2.45, 2.75) is 0 Å². The first-order chi connectivity index (χ1) is 9.74. The smallest absolute Gasteiger partial charge is 0.512 e. The zero-order valence-electron chi connectivity index (χ0n) is 11.0. The standard InChI is InChI=1S/C16H11BO3.FH/c18-17(19)20-14-9-7-12-5-4-10-2-1-3-11-6-8-13(14)16(12)15(10)11;/h1-9,18-19H;1H. The molecule has 21 heavy (non-hydrogen) atoms. The van der Waals surface area contributed by atoms with Crippen molar-refractivity contribution in [1.29, 1.82) is 0 Å². The summed E-state index contributed by atoms with van der Waals surface area (Å²) in [6.45, 7) is 0. The molecule has 2 N–H and O–H groups in total. The molecule has 0 bridgehead atoms. The van der Waals surface area contributed by atoms with Crippen LogP contribution in [0.5, 0.6) is 5.75 Å². The second-order valence-corrected chi connectivity index (χ2v) is 4.86. The third kappa shape index (κ3) is 1.98. The van der Waals surface area contributed by atoms with Crippen molar-refractivity contribution >= 4 is 39.6 Å². The van der Waals surface area contributed by atoms with Gasteiger partial charge in [0.1, 0.15) is 5.75 Å². The molecule has 0 saturated carbocycles. The lowest BCUT2D eigenvalue weighted by atomic mass is 9.94. The molecular formula is C16H12BFO3. The van der Waals surface area contributed by atoms with Gasteiger partial charge < -0.3 is 14.7 Å². The van der Waals surface area contributed by atoms with Gasteiger partial charge in [-0.05, 0) is 27.6 Å². The molecule has 0 aromatic heterocycles. The molecule has 104 valence electrons. The van der Waals surface area contributed by atoms with Crippen molar-refractivity contribution in [2.24, 2.45) is 0 Å². The highest BCUT2D eigenvalue weighted by atomic mass is 19.0. The van der Waals surface area contributed by atoms with E-state index in [1.165, 1.54) is 16.2 Å². The van der Waals surface area contributed by atoms with Crippen molar-refractivity contribution < 1.29 is 19.4 Å². The Balaban J connectivity index is 0.00000132. The van der Waals surface area contributed by atoms with Crippen LogP contribution in [0.15, 0.2) is 54.6 Å². The van der Waals surface area contributed by atoms with Crippen LogP contribution in [0.1, 0.15) is 0 Å². The van der Waals surface area contributed by atoms with Crippen LogP contribution in [0.25, 0.3) is 32.3 Å². The van der Waals surface area contributed by atoms with Gasteiger partial charge in [0.25, 0.3) is 0 Å². The topological polar surface area (TPSA) is 49.7 Å². The first-order valence-electron chi connectivity index (χ1n) is 6.43. The SMILES string of the molecule is F.OB(O)Oc1ccc2ccc3cccc4ccc1c2c34. The van der Waals surface area contributed by atoms with Crippen LogP contribution >= 0.6 is 0 Å². The van der Waals surface area contributed by atoms with Crippen molar-refractivity contribution in [1.82, 2.24) is 0 Å². The van der Waals surface area contributed by atoms with Crippen LogP contribution in [0.3, 0.4) is 0 Å². The minimum absolute atomic E-state index is 0. The summed E-state index contributed by atoms with van der Waals surface area (Å²) in [5.74, 6) is 0.478. The molecule has 4 aromatic carbocycles. The van der Waals surface area contributed by atoms with Gasteiger partial charge in [0.2, 0.25) is 0 Å². The van der Waals surface area contributed by atoms with Gasteiger partial charge in [0.05, 0.1) is 0 Å². The first-order valence-corrected chi connectivity index (χ1v) is 6.43. The average molecular weight is 282 g/mol. The summed E-state index contributed by atoms with van der Waals surface area (Å²) in [6, 6.07) is 18.1. The molecule has 3 nitrogen and oxygen atoms in total. The Morgan fingerprint density at radius 2 is 1.29 bits per heavy atom. The molecule has 4 rings (SSSR count). The van der Waals surface area contributed by atoms with E-state index in [0.717, 1.165) is 16.2 Å². The molecule has 0 saturated heterocycles. The van der Waals surface area contributed by atoms with Crippen molar-refractivity contribution in [3.8, 4) is 5.75 Å². The Bertz CT molecular complexity index is 907. The summed E-state index contributed by atoms with van der Waals surface area (Å²) in [6.07, 6.45) is 0. The molecular weight excluding hydrogens is 270 g/mol. The van der Waals surface area contributed by atoms with Gasteiger partial charge in [-0.15, -0.1) is 0 Å². The molecule has 0 fully saturated rings. The van der Waals surface area contributed by atoms with E-state index in [4.69, 9.17) is 14.7 Å². The first kappa shape index (κ1) is 13.6. The molecule has 0 amide bonds. The minimum Gasteiger partial charge on any atom is -0.512 e. The molecule has 0 aliphatic heterocycles. The fraction of sp³-hybridized carbons (Fsp3) is 0. The minimum atomic E-state index is -1.81. The quantitative estimate of drug-likeness (QED) is 0.439. The van der Waals surface area contributed by atoms with Gasteiger partial charge in [-0.25, -0.2) is 0 Å². The number of rotatable bonds is 2. The Kier molecular flexibility index (Phi) is 3.16. The van der Waals surface area contributed by atoms with E-state index in [1.54, 1.807) is 6.07 Å². The van der Waals surface area contributed by atoms with Crippen LogP contribution < -0.4 is 4.65 Å². The highest BCUT2D eigenvalue weighted by Crippen LogP contribution is 2.38. The molecule has 0 radical (unpaired) electrons. The third-order valence-corrected chi connectivity index (χ3v) is 3.72. The predicted octanol–water partition coefficient (Wildman–Crippen LogP) is 3.08. The number of hydrogen-bond donors (Lipinski definition) is 2. The van der Waals surface area contributed by atoms with E-state index >= 15 is 0 Å². The Morgan fingerprint density at radius 1 is 0.714 bits per heavy atom. The van der Waals surface area contributed by atoms with E-state index < -0.39 is 7.32 Å². The third-order valence-electron chi connectivity index (χ3n) is 3.72. The number of hydrogen-bond acceptors (Lipinski definition) is 3. The zero-order valence-corrected chi connectivity index (χ0v) is 11.0. The molecule has 0 heterocycles. The van der Waals surface area contributed by atoms with Crippen LogP contribution in [0, 0.1) is 0 Å². The summed E-state index contributed by atoms with van der Waals surface area (Å²) >= 11 is 0. The maximum atomic E-state index is 9.04. The van der Waals surface area contributed by atoms with E-state index in [-0.39, 0.29) is 4.70 Å². The maximum Gasteiger partial charge on any atom is 0.707 e. The normalized spacial score (nSPS) is 11.0. The van der Waals surface area contributed by atoms with E-state index in [2.05, 4.69) is 24.3 Å². The lowest BCUT2D eigenvalue weighted by molar-refractivity contribution is 0.289. The molecule has 0 aliphatic rings. The molecule has 5 heteroatoms. The lowest BCUT2D eigenvalue weighted by Gasteiger charge is -2.14. The summed E-state index contributed by atoms with van der Waals surface area (Å²) in [5.41, 5.74) is 0. The van der Waals surface area contributed by atoms with Crippen LogP contribution in [0.2, 0.25) is 0 Å². The molecule has 0 atom stereocenters. The van der Waals surface area contributed by atoms with Gasteiger partial charge in [-0.2, -0.15) is 0 Å². The monoisotopic (exact) mass is 282 g/mol. The van der Waals surface area contributed by atoms with Crippen LogP contribution in [0.4, 0.5) is 4.70 Å². The number of benzene rings is 4. The Hall–Kier alpha value is -2.37. The Morgan fingerprint density at radius 3 is 1.95 bits per heavy atom. The Labute approximate surface area is 120 Å². The van der Waals surface area contributed by atoms with E-state index in [0.29, 0.717) is 5.75 Å². The summed E-state index contributed by atoms with van der Waals surface area (Å²) in [5, 5.41) is 24.7. The van der Waals surface area contributed by atoms with Crippen molar-refractivity contribution in [2.75, 3.05) is 0 Å². The fourth-order valence-corrected chi connectivity index (χ4v) is 2.92. The molecule has 0 spiro atoms. The van der Waals surface area contributed by atoms with Crippen LogP contribution in [-0.2, 0) is 0 Å². The van der Waals surface area contributed by atoms with E-state index in [1.807, 2.05) is 24.3 Å². The molecule has 0 unspecified atom stereocenters. The second-order valence-electron chi connectivity index (χ2n) is 4.86. The van der Waals surface area contributed by atoms with Gasteiger partial charge >= 0.3 is 7.32 Å². The average Bonchev–Trinajstić information content (AvgIpc) is 2.46. The van der Waals surface area contributed by atoms with E-state index in [9.17, 15) is 0 Å². The van der Waals surface area contributed by atoms with Crippen molar-refractivity contribution in [3.63, 3.8) is 0 Å².